The van der Waals surface area contributed by atoms with Crippen LogP contribution in [0.3, 0.4) is 0 Å². The Morgan fingerprint density at radius 3 is 3.00 bits per heavy atom. The Hall–Kier alpha value is -1.65. The normalized spacial score (nSPS) is 13.1. The zero-order valence-electron chi connectivity index (χ0n) is 9.37. The molecule has 3 nitrogen and oxygen atoms in total. The number of aryl methyl sites for hydroxylation is 1. The van der Waals surface area contributed by atoms with E-state index in [1.54, 1.807) is 22.2 Å². The van der Waals surface area contributed by atoms with Crippen molar-refractivity contribution in [2.45, 2.75) is 6.10 Å². The molecule has 86 valence electrons. The Kier molecular flexibility index (Phi) is 2.46. The van der Waals surface area contributed by atoms with E-state index in [9.17, 15) is 5.11 Å². The topological polar surface area (TPSA) is 38.0 Å². The van der Waals surface area contributed by atoms with E-state index in [2.05, 4.69) is 17.2 Å². The van der Waals surface area contributed by atoms with Crippen LogP contribution in [-0.2, 0) is 7.05 Å². The second-order valence-corrected chi connectivity index (χ2v) is 4.95. The quantitative estimate of drug-likeness (QED) is 0.752. The van der Waals surface area contributed by atoms with Crippen LogP contribution in [0.5, 0.6) is 0 Å². The number of hydrogen-bond acceptors (Lipinski definition) is 3. The molecule has 4 heteroatoms. The monoisotopic (exact) mass is 244 g/mol. The van der Waals surface area contributed by atoms with Gasteiger partial charge in [0.2, 0.25) is 0 Å². The summed E-state index contributed by atoms with van der Waals surface area (Å²) >= 11 is 1.66. The number of hydrogen-bond donors (Lipinski definition) is 1. The SMILES string of the molecule is Cn1cc(C(O)c2cccc3ccsc23)cn1. The maximum atomic E-state index is 10.4. The lowest BCUT2D eigenvalue weighted by molar-refractivity contribution is 0.222. The fraction of sp³-hybridized carbons (Fsp3) is 0.154. The average Bonchev–Trinajstić information content (AvgIpc) is 2.95. The van der Waals surface area contributed by atoms with Crippen molar-refractivity contribution < 1.29 is 5.11 Å². The van der Waals surface area contributed by atoms with Gasteiger partial charge in [-0.3, -0.25) is 4.68 Å². The van der Waals surface area contributed by atoms with Gasteiger partial charge in [0.25, 0.3) is 0 Å². The fourth-order valence-corrected chi connectivity index (χ4v) is 2.93. The van der Waals surface area contributed by atoms with Crippen LogP contribution in [0, 0.1) is 0 Å². The molecule has 3 aromatic rings. The van der Waals surface area contributed by atoms with E-state index in [1.807, 2.05) is 30.8 Å². The lowest BCUT2D eigenvalue weighted by Crippen LogP contribution is -1.98. The number of fused-ring (bicyclic) bond motifs is 1. The van der Waals surface area contributed by atoms with Gasteiger partial charge in [0, 0.05) is 29.1 Å². The maximum Gasteiger partial charge on any atom is 0.108 e. The average molecular weight is 244 g/mol. The number of rotatable bonds is 2. The molecule has 2 aromatic heterocycles. The lowest BCUT2D eigenvalue weighted by Gasteiger charge is -2.09. The van der Waals surface area contributed by atoms with E-state index in [4.69, 9.17) is 0 Å². The van der Waals surface area contributed by atoms with Gasteiger partial charge in [-0.15, -0.1) is 11.3 Å². The third-order valence-electron chi connectivity index (χ3n) is 2.84. The second kappa shape index (κ2) is 3.98. The number of nitrogens with zero attached hydrogens (tertiary/aromatic N) is 2. The minimum absolute atomic E-state index is 0.606. The summed E-state index contributed by atoms with van der Waals surface area (Å²) in [5.74, 6) is 0. The van der Waals surface area contributed by atoms with E-state index in [-0.39, 0.29) is 0 Å². The molecule has 1 unspecified atom stereocenters. The van der Waals surface area contributed by atoms with Crippen molar-refractivity contribution in [3.63, 3.8) is 0 Å². The summed E-state index contributed by atoms with van der Waals surface area (Å²) < 4.78 is 2.84. The molecule has 0 radical (unpaired) electrons. The van der Waals surface area contributed by atoms with Gasteiger partial charge in [0.1, 0.15) is 6.10 Å². The molecule has 2 heterocycles. The van der Waals surface area contributed by atoms with Crippen molar-refractivity contribution in [2.75, 3.05) is 0 Å². The van der Waals surface area contributed by atoms with Crippen molar-refractivity contribution in [2.24, 2.45) is 7.05 Å². The molecule has 0 bridgehead atoms. The molecule has 1 atom stereocenters. The molecule has 0 aliphatic heterocycles. The van der Waals surface area contributed by atoms with Gasteiger partial charge in [0.15, 0.2) is 0 Å². The highest BCUT2D eigenvalue weighted by molar-refractivity contribution is 7.17. The Bertz CT molecular complexity index is 656. The van der Waals surface area contributed by atoms with E-state index in [1.165, 1.54) is 5.39 Å². The maximum absolute atomic E-state index is 10.4. The second-order valence-electron chi connectivity index (χ2n) is 4.04. The third kappa shape index (κ3) is 1.75. The van der Waals surface area contributed by atoms with Crippen LogP contribution in [-0.4, -0.2) is 14.9 Å². The minimum atomic E-state index is -0.606. The van der Waals surface area contributed by atoms with Crippen LogP contribution < -0.4 is 0 Å². The largest absolute Gasteiger partial charge is 0.383 e. The highest BCUT2D eigenvalue weighted by Gasteiger charge is 2.15. The summed E-state index contributed by atoms with van der Waals surface area (Å²) in [5, 5.41) is 17.7. The Balaban J connectivity index is 2.12. The van der Waals surface area contributed by atoms with Crippen LogP contribution in [0.15, 0.2) is 42.0 Å². The molecule has 3 rings (SSSR count). The van der Waals surface area contributed by atoms with Gasteiger partial charge in [-0.05, 0) is 16.8 Å². The standard InChI is InChI=1S/C13H12N2OS/c1-15-8-10(7-14-15)12(16)11-4-2-3-9-5-6-17-13(9)11/h2-8,12,16H,1H3. The first-order chi connectivity index (χ1) is 8.25. The summed E-state index contributed by atoms with van der Waals surface area (Å²) in [7, 11) is 1.85. The molecule has 1 N–H and O–H groups in total. The molecule has 0 aliphatic rings. The number of thiophene rings is 1. The number of aliphatic hydroxyl groups is 1. The molecule has 0 aliphatic carbocycles. The molecule has 0 fully saturated rings. The predicted octanol–water partition coefficient (Wildman–Crippen LogP) is 2.72. The Labute approximate surface area is 103 Å². The van der Waals surface area contributed by atoms with E-state index in [0.717, 1.165) is 15.8 Å². The molecule has 1 aromatic carbocycles. The van der Waals surface area contributed by atoms with Gasteiger partial charge >= 0.3 is 0 Å². The van der Waals surface area contributed by atoms with Crippen molar-refractivity contribution >= 4 is 21.4 Å². The summed E-state index contributed by atoms with van der Waals surface area (Å²) in [4.78, 5) is 0. The van der Waals surface area contributed by atoms with Gasteiger partial charge in [0.05, 0.1) is 6.20 Å². The first kappa shape index (κ1) is 10.5. The first-order valence-electron chi connectivity index (χ1n) is 5.38. The number of aromatic nitrogens is 2. The highest BCUT2D eigenvalue weighted by Crippen LogP contribution is 2.31. The molecule has 0 saturated carbocycles. The first-order valence-corrected chi connectivity index (χ1v) is 6.26. The zero-order valence-corrected chi connectivity index (χ0v) is 10.2. The van der Waals surface area contributed by atoms with Crippen molar-refractivity contribution in [3.8, 4) is 0 Å². The summed E-state index contributed by atoms with van der Waals surface area (Å²) in [6.45, 7) is 0. The van der Waals surface area contributed by atoms with Crippen LogP contribution in [0.1, 0.15) is 17.2 Å². The molecular weight excluding hydrogens is 232 g/mol. The van der Waals surface area contributed by atoms with Gasteiger partial charge in [-0.2, -0.15) is 5.10 Å². The van der Waals surface area contributed by atoms with E-state index in [0.29, 0.717) is 0 Å². The fourth-order valence-electron chi connectivity index (χ4n) is 1.99. The Morgan fingerprint density at radius 2 is 2.24 bits per heavy atom. The van der Waals surface area contributed by atoms with Gasteiger partial charge in [-0.25, -0.2) is 0 Å². The minimum Gasteiger partial charge on any atom is -0.383 e. The summed E-state index contributed by atoms with van der Waals surface area (Å²) in [6, 6.07) is 8.07. The number of benzene rings is 1. The smallest absolute Gasteiger partial charge is 0.108 e. The number of aliphatic hydroxyl groups excluding tert-OH is 1. The Morgan fingerprint density at radius 1 is 1.35 bits per heavy atom. The van der Waals surface area contributed by atoms with Crippen LogP contribution >= 0.6 is 11.3 Å². The van der Waals surface area contributed by atoms with Crippen molar-refractivity contribution in [3.05, 3.63) is 53.2 Å². The van der Waals surface area contributed by atoms with E-state index < -0.39 is 6.10 Å². The van der Waals surface area contributed by atoms with Crippen molar-refractivity contribution in [1.29, 1.82) is 0 Å². The molecule has 0 spiro atoms. The summed E-state index contributed by atoms with van der Waals surface area (Å²) in [5.41, 5.74) is 1.78. The molecular formula is C13H12N2OS. The van der Waals surface area contributed by atoms with E-state index >= 15 is 0 Å². The predicted molar refractivity (Wildman–Crippen MR) is 69.1 cm³/mol. The van der Waals surface area contributed by atoms with Crippen LogP contribution in [0.2, 0.25) is 0 Å². The van der Waals surface area contributed by atoms with Crippen LogP contribution in [0.4, 0.5) is 0 Å². The molecule has 0 saturated heterocycles. The molecule has 17 heavy (non-hydrogen) atoms. The lowest BCUT2D eigenvalue weighted by atomic mass is 10.0. The zero-order chi connectivity index (χ0) is 11.8. The highest BCUT2D eigenvalue weighted by atomic mass is 32.1. The third-order valence-corrected chi connectivity index (χ3v) is 3.82. The summed E-state index contributed by atoms with van der Waals surface area (Å²) in [6.07, 6.45) is 2.94. The van der Waals surface area contributed by atoms with Gasteiger partial charge < -0.3 is 5.11 Å². The van der Waals surface area contributed by atoms with Crippen molar-refractivity contribution in [1.82, 2.24) is 9.78 Å². The molecule has 0 amide bonds. The van der Waals surface area contributed by atoms with Crippen LogP contribution in [0.25, 0.3) is 10.1 Å². The van der Waals surface area contributed by atoms with Gasteiger partial charge in [-0.1, -0.05) is 18.2 Å².